The predicted octanol–water partition coefficient (Wildman–Crippen LogP) is 1.27. The molecule has 1 aliphatic heterocycles. The van der Waals surface area contributed by atoms with Crippen molar-refractivity contribution in [2.24, 2.45) is 11.3 Å². The molecule has 1 heterocycles. The van der Waals surface area contributed by atoms with Crippen molar-refractivity contribution in [2.45, 2.75) is 25.7 Å². The van der Waals surface area contributed by atoms with Crippen LogP contribution in [-0.2, 0) is 25.5 Å². The molecule has 1 atom stereocenters. The number of rotatable bonds is 6. The number of carbonyl (C=O) groups excluding carboxylic acids is 3. The Balaban J connectivity index is 0.00000261. The molecule has 1 aliphatic carbocycles. The zero-order valence-electron chi connectivity index (χ0n) is 15.4. The maximum absolute atomic E-state index is 12.4. The second-order valence-corrected chi connectivity index (χ2v) is 7.08. The molecule has 7 nitrogen and oxygen atoms in total. The second-order valence-electron chi connectivity index (χ2n) is 7.08. The number of benzene rings is 1. The largest absolute Gasteiger partial charge is 0.468 e. The van der Waals surface area contributed by atoms with E-state index < -0.39 is 5.97 Å². The van der Waals surface area contributed by atoms with E-state index in [1.807, 2.05) is 0 Å². The average molecular weight is 396 g/mol. The molecule has 27 heavy (non-hydrogen) atoms. The quantitative estimate of drug-likeness (QED) is 0.630. The lowest BCUT2D eigenvalue weighted by atomic mass is 9.92. The number of hydrogen-bond donors (Lipinski definition) is 3. The number of esters is 1. The third-order valence-electron chi connectivity index (χ3n) is 5.35. The first-order valence-electron chi connectivity index (χ1n) is 8.96. The Morgan fingerprint density at radius 3 is 2.48 bits per heavy atom. The van der Waals surface area contributed by atoms with Gasteiger partial charge in [-0.3, -0.25) is 14.4 Å². The Morgan fingerprint density at radius 2 is 1.85 bits per heavy atom. The molecule has 2 fully saturated rings. The van der Waals surface area contributed by atoms with E-state index in [0.29, 0.717) is 0 Å². The number of anilines is 1. The van der Waals surface area contributed by atoms with Crippen LogP contribution in [0.1, 0.15) is 24.8 Å². The second kappa shape index (κ2) is 9.19. The van der Waals surface area contributed by atoms with Crippen molar-refractivity contribution in [3.05, 3.63) is 29.8 Å². The average Bonchev–Trinajstić information content (AvgIpc) is 3.35. The van der Waals surface area contributed by atoms with Crippen molar-refractivity contribution in [1.29, 1.82) is 0 Å². The van der Waals surface area contributed by atoms with E-state index in [4.69, 9.17) is 0 Å². The summed E-state index contributed by atoms with van der Waals surface area (Å²) in [5.41, 5.74) is 1.77. The standard InChI is InChI=1S/C19H25N3O4.ClH/c1-26-17(24)12-21-16(23)10-13-2-4-14(5-3-13)22-18(25)15-11-19(15)6-8-20-9-7-19;/h2-5,15,20H,6-12H2,1H3,(H,21,23)(H,22,25);1H. The summed E-state index contributed by atoms with van der Waals surface area (Å²) in [6.07, 6.45) is 3.30. The first kappa shape index (κ1) is 21.2. The molecule has 1 saturated heterocycles. The summed E-state index contributed by atoms with van der Waals surface area (Å²) in [4.78, 5) is 35.2. The Hall–Kier alpha value is -2.12. The van der Waals surface area contributed by atoms with E-state index in [1.165, 1.54) is 7.11 Å². The van der Waals surface area contributed by atoms with Crippen molar-refractivity contribution in [2.75, 3.05) is 32.1 Å². The smallest absolute Gasteiger partial charge is 0.325 e. The van der Waals surface area contributed by atoms with Crippen LogP contribution >= 0.6 is 12.4 Å². The molecule has 1 aromatic rings. The molecule has 0 bridgehead atoms. The molecule has 2 amide bonds. The summed E-state index contributed by atoms with van der Waals surface area (Å²) < 4.78 is 4.47. The lowest BCUT2D eigenvalue weighted by Gasteiger charge is -2.23. The Labute approximate surface area is 165 Å². The van der Waals surface area contributed by atoms with E-state index >= 15 is 0 Å². The Bertz CT molecular complexity index is 687. The van der Waals surface area contributed by atoms with Gasteiger partial charge in [-0.2, -0.15) is 0 Å². The molecular weight excluding hydrogens is 370 g/mol. The molecule has 3 N–H and O–H groups in total. The van der Waals surface area contributed by atoms with Crippen LogP contribution in [0.25, 0.3) is 0 Å². The molecule has 1 spiro atoms. The van der Waals surface area contributed by atoms with Crippen LogP contribution in [0.4, 0.5) is 5.69 Å². The van der Waals surface area contributed by atoms with Gasteiger partial charge >= 0.3 is 5.97 Å². The van der Waals surface area contributed by atoms with E-state index in [1.54, 1.807) is 24.3 Å². The van der Waals surface area contributed by atoms with Gasteiger partial charge < -0.3 is 20.7 Å². The van der Waals surface area contributed by atoms with Crippen molar-refractivity contribution < 1.29 is 19.1 Å². The zero-order valence-corrected chi connectivity index (χ0v) is 16.2. The number of amides is 2. The van der Waals surface area contributed by atoms with Gasteiger partial charge in [0.1, 0.15) is 6.54 Å². The fraction of sp³-hybridized carbons (Fsp3) is 0.526. The number of hydrogen-bond acceptors (Lipinski definition) is 5. The summed E-state index contributed by atoms with van der Waals surface area (Å²) in [6.45, 7) is 1.86. The molecule has 3 rings (SSSR count). The van der Waals surface area contributed by atoms with Gasteiger partial charge in [0.15, 0.2) is 0 Å². The molecule has 1 aromatic carbocycles. The zero-order chi connectivity index (χ0) is 18.6. The fourth-order valence-electron chi connectivity index (χ4n) is 3.62. The van der Waals surface area contributed by atoms with E-state index in [-0.39, 0.29) is 48.5 Å². The number of methoxy groups -OCH3 is 1. The Kier molecular flexibility index (Phi) is 7.21. The molecule has 0 radical (unpaired) electrons. The maximum Gasteiger partial charge on any atom is 0.325 e. The van der Waals surface area contributed by atoms with Gasteiger partial charge in [-0.15, -0.1) is 12.4 Å². The number of carbonyl (C=O) groups is 3. The number of halogens is 1. The minimum Gasteiger partial charge on any atom is -0.468 e. The highest BCUT2D eigenvalue weighted by Gasteiger charge is 2.57. The van der Waals surface area contributed by atoms with Gasteiger partial charge in [-0.25, -0.2) is 0 Å². The fourth-order valence-corrected chi connectivity index (χ4v) is 3.62. The SMILES string of the molecule is COC(=O)CNC(=O)Cc1ccc(NC(=O)C2CC23CCNCC3)cc1.Cl. The predicted molar refractivity (Wildman–Crippen MR) is 104 cm³/mol. The molecule has 2 aliphatic rings. The van der Waals surface area contributed by atoms with Crippen molar-refractivity contribution >= 4 is 35.9 Å². The first-order valence-corrected chi connectivity index (χ1v) is 8.96. The lowest BCUT2D eigenvalue weighted by molar-refractivity contribution is -0.141. The third-order valence-corrected chi connectivity index (χ3v) is 5.35. The minimum atomic E-state index is -0.483. The van der Waals surface area contributed by atoms with Crippen molar-refractivity contribution in [3.63, 3.8) is 0 Å². The minimum absolute atomic E-state index is 0. The van der Waals surface area contributed by atoms with Crippen LogP contribution < -0.4 is 16.0 Å². The normalized spacial score (nSPS) is 19.5. The summed E-state index contributed by atoms with van der Waals surface area (Å²) in [5, 5.41) is 8.82. The van der Waals surface area contributed by atoms with Crippen LogP contribution in [0.2, 0.25) is 0 Å². The van der Waals surface area contributed by atoms with Crippen LogP contribution in [-0.4, -0.2) is 44.5 Å². The summed E-state index contributed by atoms with van der Waals surface area (Å²) in [5.74, 6) is -0.523. The highest BCUT2D eigenvalue weighted by Crippen LogP contribution is 2.58. The molecule has 8 heteroatoms. The molecule has 1 saturated carbocycles. The molecule has 1 unspecified atom stereocenters. The highest BCUT2D eigenvalue weighted by atomic mass is 35.5. The molecular formula is C19H26ClN3O4. The van der Waals surface area contributed by atoms with Crippen LogP contribution in [0, 0.1) is 11.3 Å². The van der Waals surface area contributed by atoms with Gasteiger partial charge in [0, 0.05) is 11.6 Å². The summed E-state index contributed by atoms with van der Waals surface area (Å²) >= 11 is 0. The van der Waals surface area contributed by atoms with Gasteiger partial charge in [0.05, 0.1) is 13.5 Å². The topological polar surface area (TPSA) is 96.5 Å². The molecule has 0 aromatic heterocycles. The first-order chi connectivity index (χ1) is 12.5. The van der Waals surface area contributed by atoms with Crippen LogP contribution in [0.3, 0.4) is 0 Å². The van der Waals surface area contributed by atoms with E-state index in [9.17, 15) is 14.4 Å². The van der Waals surface area contributed by atoms with Gasteiger partial charge in [-0.1, -0.05) is 12.1 Å². The highest BCUT2D eigenvalue weighted by molar-refractivity contribution is 5.95. The van der Waals surface area contributed by atoms with Crippen molar-refractivity contribution in [3.8, 4) is 0 Å². The van der Waals surface area contributed by atoms with Crippen LogP contribution in [0.15, 0.2) is 24.3 Å². The van der Waals surface area contributed by atoms with Crippen LogP contribution in [0.5, 0.6) is 0 Å². The number of ether oxygens (including phenoxy) is 1. The van der Waals surface area contributed by atoms with E-state index in [0.717, 1.165) is 43.6 Å². The van der Waals surface area contributed by atoms with E-state index in [2.05, 4.69) is 20.7 Å². The van der Waals surface area contributed by atoms with Gasteiger partial charge in [-0.05, 0) is 55.5 Å². The monoisotopic (exact) mass is 395 g/mol. The lowest BCUT2D eigenvalue weighted by Crippen LogP contribution is -2.31. The summed E-state index contributed by atoms with van der Waals surface area (Å²) in [6, 6.07) is 7.22. The number of piperidine rings is 1. The van der Waals surface area contributed by atoms with Gasteiger partial charge in [0.2, 0.25) is 11.8 Å². The van der Waals surface area contributed by atoms with Gasteiger partial charge in [0.25, 0.3) is 0 Å². The third kappa shape index (κ3) is 5.43. The maximum atomic E-state index is 12.4. The van der Waals surface area contributed by atoms with Crippen molar-refractivity contribution in [1.82, 2.24) is 10.6 Å². The number of nitrogens with one attached hydrogen (secondary N) is 3. The molecule has 148 valence electrons. The Morgan fingerprint density at radius 1 is 1.19 bits per heavy atom. The summed E-state index contributed by atoms with van der Waals surface area (Å²) in [7, 11) is 1.27.